The largest absolute Gasteiger partial charge is 0.478 e. The number of aromatic nitrogens is 1. The van der Waals surface area contributed by atoms with Gasteiger partial charge in [-0.25, -0.2) is 9.78 Å². The second-order valence-electron chi connectivity index (χ2n) is 12.4. The molecule has 2 aliphatic heterocycles. The first-order valence-electron chi connectivity index (χ1n) is 15.0. The molecule has 0 radical (unpaired) electrons. The zero-order valence-electron chi connectivity index (χ0n) is 24.8. The van der Waals surface area contributed by atoms with Gasteiger partial charge in [0, 0.05) is 47.3 Å². The van der Waals surface area contributed by atoms with E-state index in [1.807, 2.05) is 11.4 Å². The molecular formula is C32H35Cl3N4O3S2. The van der Waals surface area contributed by atoms with E-state index in [-0.39, 0.29) is 21.2 Å². The minimum atomic E-state index is -1.08. The minimum Gasteiger partial charge on any atom is -0.478 e. The van der Waals surface area contributed by atoms with Crippen molar-refractivity contribution in [1.82, 2.24) is 9.88 Å². The van der Waals surface area contributed by atoms with Crippen LogP contribution in [-0.4, -0.2) is 58.6 Å². The van der Waals surface area contributed by atoms with E-state index in [0.717, 1.165) is 40.5 Å². The number of hydrogen-bond donors (Lipinski definition) is 2. The Morgan fingerprint density at radius 1 is 1.14 bits per heavy atom. The zero-order valence-corrected chi connectivity index (χ0v) is 28.7. The molecule has 1 aromatic carbocycles. The van der Waals surface area contributed by atoms with Crippen LogP contribution in [0.2, 0.25) is 15.1 Å². The van der Waals surface area contributed by atoms with E-state index in [2.05, 4.69) is 29.0 Å². The summed E-state index contributed by atoms with van der Waals surface area (Å²) in [6.45, 7) is 9.34. The number of nitrogens with one attached hydrogen (secondary N) is 1. The van der Waals surface area contributed by atoms with Crippen molar-refractivity contribution in [2.24, 2.45) is 17.8 Å². The molecule has 4 unspecified atom stereocenters. The Hall–Kier alpha value is -2.14. The van der Waals surface area contributed by atoms with Gasteiger partial charge in [-0.15, -0.1) is 11.3 Å². The first kappa shape index (κ1) is 31.8. The van der Waals surface area contributed by atoms with Gasteiger partial charge in [0.05, 0.1) is 19.9 Å². The normalized spacial score (nSPS) is 24.6. The maximum absolute atomic E-state index is 13.4. The fourth-order valence-electron chi connectivity index (χ4n) is 7.10. The lowest BCUT2D eigenvalue weighted by molar-refractivity contribution is -0.132. The second kappa shape index (κ2) is 12.9. The number of aliphatic carboxylic acids is 1. The van der Waals surface area contributed by atoms with Crippen molar-refractivity contribution in [2.75, 3.05) is 29.9 Å². The van der Waals surface area contributed by atoms with E-state index in [4.69, 9.17) is 39.8 Å². The van der Waals surface area contributed by atoms with Gasteiger partial charge in [-0.3, -0.25) is 15.0 Å². The number of carboxylic acid groups (broad SMARTS) is 1. The third-order valence-electron chi connectivity index (χ3n) is 9.49. The topological polar surface area (TPSA) is 85.8 Å². The summed E-state index contributed by atoms with van der Waals surface area (Å²) in [5, 5.41) is 16.6. The smallest absolute Gasteiger partial charge is 0.331 e. The molecule has 1 saturated carbocycles. The van der Waals surface area contributed by atoms with Gasteiger partial charge in [-0.05, 0) is 81.7 Å². The number of thiazole rings is 1. The molecule has 7 nitrogen and oxygen atoms in total. The lowest BCUT2D eigenvalue weighted by Crippen LogP contribution is -2.44. The van der Waals surface area contributed by atoms with E-state index in [1.54, 1.807) is 11.3 Å². The zero-order chi connectivity index (χ0) is 31.3. The van der Waals surface area contributed by atoms with Crippen molar-refractivity contribution in [3.05, 3.63) is 55.3 Å². The van der Waals surface area contributed by atoms with Crippen LogP contribution in [0, 0.1) is 17.8 Å². The monoisotopic (exact) mass is 692 g/mol. The number of benzene rings is 1. The summed E-state index contributed by atoms with van der Waals surface area (Å²) in [7, 11) is 0. The predicted octanol–water partition coefficient (Wildman–Crippen LogP) is 8.91. The average molecular weight is 694 g/mol. The number of likely N-dealkylation sites (tertiary alicyclic amines) is 1. The second-order valence-corrected chi connectivity index (χ2v) is 15.6. The highest BCUT2D eigenvalue weighted by atomic mass is 35.5. The van der Waals surface area contributed by atoms with Gasteiger partial charge in [-0.1, -0.05) is 59.5 Å². The number of anilines is 2. The lowest BCUT2D eigenvalue weighted by Gasteiger charge is -2.34. The standard InChI is InChI=1S/C32H35Cl3N4O3S2/c1-16-4-5-19(8-16)18(3)39-7-6-20-13-38(14-26(20)39)30-28(27-12-22(33)15-43-27)36-32(44-30)37-29(40)21-10-24(34)23(25(35)11-21)9-17(2)31(41)42/h9-12,15-16,18-20,26H,4-8,13-14H2,1-3H3,(H,41,42)(H,36,37,40)/b17-9+/t16?,18?,19-,20?,26?/m1/s1. The Labute approximate surface area is 280 Å². The maximum Gasteiger partial charge on any atom is 0.331 e. The number of halogens is 3. The summed E-state index contributed by atoms with van der Waals surface area (Å²) < 4.78 is 0. The number of fused-ring (bicyclic) bond motifs is 1. The highest BCUT2D eigenvalue weighted by Crippen LogP contribution is 2.46. The average Bonchev–Trinajstić information content (AvgIpc) is 3.79. The molecule has 3 fully saturated rings. The number of thiophene rings is 1. The molecule has 2 saturated heterocycles. The van der Waals surface area contributed by atoms with Crippen molar-refractivity contribution in [3.8, 4) is 10.6 Å². The summed E-state index contributed by atoms with van der Waals surface area (Å²) in [5.74, 6) is 0.737. The summed E-state index contributed by atoms with van der Waals surface area (Å²) in [5.41, 5.74) is 1.51. The van der Waals surface area contributed by atoms with E-state index < -0.39 is 11.9 Å². The van der Waals surface area contributed by atoms with Gasteiger partial charge in [0.2, 0.25) is 0 Å². The fraction of sp³-hybridized carbons (Fsp3) is 0.469. The fourth-order valence-corrected chi connectivity index (χ4v) is 9.82. The number of hydrogen-bond acceptors (Lipinski definition) is 7. The van der Waals surface area contributed by atoms with Gasteiger partial charge in [0.25, 0.3) is 5.91 Å². The lowest BCUT2D eigenvalue weighted by atomic mass is 9.96. The van der Waals surface area contributed by atoms with E-state index in [0.29, 0.717) is 33.7 Å². The van der Waals surface area contributed by atoms with Gasteiger partial charge in [-0.2, -0.15) is 0 Å². The van der Waals surface area contributed by atoms with Crippen LogP contribution in [0.5, 0.6) is 0 Å². The van der Waals surface area contributed by atoms with Crippen LogP contribution in [0.1, 0.15) is 62.4 Å². The molecule has 4 heterocycles. The number of nitrogens with zero attached hydrogens (tertiary/aromatic N) is 3. The Kier molecular flexibility index (Phi) is 9.35. The summed E-state index contributed by atoms with van der Waals surface area (Å²) in [6, 6.07) is 6.01. The number of rotatable bonds is 8. The van der Waals surface area contributed by atoms with Crippen LogP contribution >= 0.6 is 57.5 Å². The molecule has 44 heavy (non-hydrogen) atoms. The minimum absolute atomic E-state index is 0.0827. The number of carbonyl (C=O) groups is 2. The summed E-state index contributed by atoms with van der Waals surface area (Å²) >= 11 is 22.2. The van der Waals surface area contributed by atoms with E-state index in [9.17, 15) is 14.7 Å². The molecule has 1 aliphatic carbocycles. The number of carboxylic acids is 1. The van der Waals surface area contributed by atoms with Crippen LogP contribution in [0.4, 0.5) is 10.1 Å². The summed E-state index contributed by atoms with van der Waals surface area (Å²) in [6.07, 6.45) is 6.60. The predicted molar refractivity (Wildman–Crippen MR) is 183 cm³/mol. The molecule has 6 rings (SSSR count). The molecule has 12 heteroatoms. The van der Waals surface area contributed by atoms with Crippen molar-refractivity contribution in [1.29, 1.82) is 0 Å². The molecule has 1 amide bonds. The van der Waals surface area contributed by atoms with E-state index >= 15 is 0 Å². The molecule has 5 atom stereocenters. The Balaban J connectivity index is 1.24. The Morgan fingerprint density at radius 2 is 1.89 bits per heavy atom. The third-order valence-corrected chi connectivity index (χ3v) is 12.4. The van der Waals surface area contributed by atoms with Crippen molar-refractivity contribution < 1.29 is 14.7 Å². The molecule has 2 aromatic heterocycles. The highest BCUT2D eigenvalue weighted by Gasteiger charge is 2.45. The van der Waals surface area contributed by atoms with Crippen molar-refractivity contribution in [3.63, 3.8) is 0 Å². The van der Waals surface area contributed by atoms with Crippen LogP contribution in [-0.2, 0) is 4.79 Å². The quantitative estimate of drug-likeness (QED) is 0.229. The first-order chi connectivity index (χ1) is 21.0. The van der Waals surface area contributed by atoms with Crippen LogP contribution in [0.3, 0.4) is 0 Å². The van der Waals surface area contributed by atoms with Gasteiger partial charge in [0.15, 0.2) is 5.13 Å². The molecule has 0 spiro atoms. The molecule has 3 aromatic rings. The van der Waals surface area contributed by atoms with Crippen LogP contribution in [0.25, 0.3) is 16.6 Å². The SMILES string of the molecule is C/C(=C\c1c(Cl)cc(C(=O)Nc2nc(-c3cc(Cl)cs3)c(N3CC4CCN(C(C)[C@@H]5CCC(C)C5)C4C3)s2)cc1Cl)C(=O)O. The molecule has 234 valence electrons. The van der Waals surface area contributed by atoms with Crippen molar-refractivity contribution >= 4 is 85.6 Å². The third kappa shape index (κ3) is 6.42. The van der Waals surface area contributed by atoms with Gasteiger partial charge in [0.1, 0.15) is 10.7 Å². The Bertz CT molecular complexity index is 1600. The highest BCUT2D eigenvalue weighted by molar-refractivity contribution is 7.21. The number of amides is 1. The molecule has 2 N–H and O–H groups in total. The maximum atomic E-state index is 13.4. The van der Waals surface area contributed by atoms with E-state index in [1.165, 1.54) is 68.7 Å². The molecule has 0 bridgehead atoms. The van der Waals surface area contributed by atoms with Gasteiger partial charge < -0.3 is 10.0 Å². The van der Waals surface area contributed by atoms with Crippen LogP contribution in [0.15, 0.2) is 29.2 Å². The Morgan fingerprint density at radius 3 is 2.52 bits per heavy atom. The molecular weight excluding hydrogens is 659 g/mol. The first-order valence-corrected chi connectivity index (χ1v) is 17.8. The van der Waals surface area contributed by atoms with Crippen molar-refractivity contribution in [2.45, 2.75) is 58.5 Å². The van der Waals surface area contributed by atoms with Gasteiger partial charge >= 0.3 is 5.97 Å². The van der Waals surface area contributed by atoms with Crippen LogP contribution < -0.4 is 10.2 Å². The number of carbonyl (C=O) groups excluding carboxylic acids is 1. The summed E-state index contributed by atoms with van der Waals surface area (Å²) in [4.78, 5) is 35.7. The molecule has 3 aliphatic rings.